The maximum absolute atomic E-state index is 12.6. The Bertz CT molecular complexity index is 511. The van der Waals surface area contributed by atoms with Crippen molar-refractivity contribution in [2.45, 2.75) is 6.92 Å². The molecule has 15 heavy (non-hydrogen) atoms. The summed E-state index contributed by atoms with van der Waals surface area (Å²) in [5, 5.41) is 0. The van der Waals surface area contributed by atoms with Crippen molar-refractivity contribution >= 4 is 11.3 Å². The van der Waals surface area contributed by atoms with Crippen LogP contribution in [0.3, 0.4) is 0 Å². The average molecular weight is 216 g/mol. The van der Waals surface area contributed by atoms with Crippen LogP contribution in [0.4, 0.5) is 4.39 Å². The lowest BCUT2D eigenvalue weighted by molar-refractivity contribution is 0.627. The van der Waals surface area contributed by atoms with Crippen LogP contribution >= 0.6 is 11.3 Å². The van der Waals surface area contributed by atoms with E-state index in [2.05, 4.69) is 11.8 Å². The lowest BCUT2D eigenvalue weighted by Gasteiger charge is -1.88. The van der Waals surface area contributed by atoms with Crippen molar-refractivity contribution in [3.8, 4) is 11.8 Å². The Morgan fingerprint density at radius 1 is 1.00 bits per heavy atom. The number of thiophene rings is 1. The summed E-state index contributed by atoms with van der Waals surface area (Å²) < 4.78 is 12.6. The highest BCUT2D eigenvalue weighted by Gasteiger charge is 1.91. The summed E-state index contributed by atoms with van der Waals surface area (Å²) >= 11 is 1.66. The summed E-state index contributed by atoms with van der Waals surface area (Å²) in [4.78, 5) is 2.29. The first-order valence-electron chi connectivity index (χ1n) is 4.58. The van der Waals surface area contributed by atoms with E-state index in [9.17, 15) is 4.39 Å². The number of aryl methyl sites for hydroxylation is 1. The first-order chi connectivity index (χ1) is 7.24. The topological polar surface area (TPSA) is 0 Å². The Kier molecular flexibility index (Phi) is 2.84. The molecule has 0 spiro atoms. The van der Waals surface area contributed by atoms with Gasteiger partial charge in [0.25, 0.3) is 0 Å². The molecule has 0 nitrogen and oxygen atoms in total. The van der Waals surface area contributed by atoms with Crippen molar-refractivity contribution in [3.05, 3.63) is 57.5 Å². The zero-order valence-electron chi connectivity index (χ0n) is 8.25. The van der Waals surface area contributed by atoms with E-state index in [0.717, 1.165) is 10.4 Å². The van der Waals surface area contributed by atoms with Gasteiger partial charge in [-0.25, -0.2) is 4.39 Å². The van der Waals surface area contributed by atoms with Crippen LogP contribution in [-0.4, -0.2) is 0 Å². The SMILES string of the molecule is Cc1ccc(C#Cc2ccc(F)cc2)s1. The Balaban J connectivity index is 2.22. The van der Waals surface area contributed by atoms with Crippen molar-refractivity contribution in [3.63, 3.8) is 0 Å². The third kappa shape index (κ3) is 2.68. The van der Waals surface area contributed by atoms with E-state index in [0.29, 0.717) is 0 Å². The number of hydrogen-bond donors (Lipinski definition) is 0. The molecule has 0 aliphatic carbocycles. The Morgan fingerprint density at radius 3 is 2.33 bits per heavy atom. The predicted molar refractivity (Wildman–Crippen MR) is 61.4 cm³/mol. The van der Waals surface area contributed by atoms with Crippen LogP contribution in [0, 0.1) is 24.6 Å². The van der Waals surface area contributed by atoms with E-state index in [1.54, 1.807) is 23.5 Å². The fraction of sp³-hybridized carbons (Fsp3) is 0.0769. The molecule has 0 fully saturated rings. The predicted octanol–water partition coefficient (Wildman–Crippen LogP) is 3.60. The van der Waals surface area contributed by atoms with Gasteiger partial charge in [-0.15, -0.1) is 11.3 Å². The monoisotopic (exact) mass is 216 g/mol. The summed E-state index contributed by atoms with van der Waals surface area (Å²) in [6, 6.07) is 10.2. The van der Waals surface area contributed by atoms with Gasteiger partial charge in [-0.05, 0) is 43.3 Å². The normalized spacial score (nSPS) is 9.47. The van der Waals surface area contributed by atoms with Gasteiger partial charge < -0.3 is 0 Å². The molecule has 0 N–H and O–H groups in total. The molecule has 1 aromatic heterocycles. The Labute approximate surface area is 92.4 Å². The molecule has 0 unspecified atom stereocenters. The standard InChI is InChI=1S/C13H9FS/c1-10-2-8-13(15-10)9-5-11-3-6-12(14)7-4-11/h2-4,6-8H,1H3. The van der Waals surface area contributed by atoms with E-state index in [1.165, 1.54) is 17.0 Å². The van der Waals surface area contributed by atoms with Crippen LogP contribution in [0.25, 0.3) is 0 Å². The fourth-order valence-corrected chi connectivity index (χ4v) is 1.89. The number of rotatable bonds is 0. The molecule has 0 atom stereocenters. The Morgan fingerprint density at radius 2 is 1.73 bits per heavy atom. The summed E-state index contributed by atoms with van der Waals surface area (Å²) in [7, 11) is 0. The number of benzene rings is 1. The summed E-state index contributed by atoms with van der Waals surface area (Å²) in [5.74, 6) is 5.81. The van der Waals surface area contributed by atoms with Crippen LogP contribution in [-0.2, 0) is 0 Å². The number of halogens is 1. The van der Waals surface area contributed by atoms with Crippen molar-refractivity contribution in [2.24, 2.45) is 0 Å². The molecule has 0 aliphatic heterocycles. The van der Waals surface area contributed by atoms with Crippen LogP contribution in [0.2, 0.25) is 0 Å². The fourth-order valence-electron chi connectivity index (χ4n) is 1.17. The molecular formula is C13H9FS. The molecule has 0 saturated carbocycles. The van der Waals surface area contributed by atoms with Crippen molar-refractivity contribution < 1.29 is 4.39 Å². The third-order valence-electron chi connectivity index (χ3n) is 1.91. The van der Waals surface area contributed by atoms with Gasteiger partial charge in [0.1, 0.15) is 5.82 Å². The second-order valence-corrected chi connectivity index (χ2v) is 4.46. The zero-order valence-corrected chi connectivity index (χ0v) is 9.07. The van der Waals surface area contributed by atoms with Gasteiger partial charge in [-0.1, -0.05) is 11.8 Å². The molecule has 1 aromatic carbocycles. The first-order valence-corrected chi connectivity index (χ1v) is 5.40. The van der Waals surface area contributed by atoms with Gasteiger partial charge in [0, 0.05) is 10.4 Å². The lowest BCUT2D eigenvalue weighted by Crippen LogP contribution is -1.75. The van der Waals surface area contributed by atoms with Crippen LogP contribution in [0.5, 0.6) is 0 Å². The van der Waals surface area contributed by atoms with Gasteiger partial charge in [0.15, 0.2) is 0 Å². The van der Waals surface area contributed by atoms with E-state index in [1.807, 2.05) is 19.1 Å². The Hall–Kier alpha value is -1.59. The third-order valence-corrected chi connectivity index (χ3v) is 2.83. The minimum absolute atomic E-state index is 0.229. The molecule has 74 valence electrons. The van der Waals surface area contributed by atoms with Crippen LogP contribution in [0.1, 0.15) is 15.3 Å². The van der Waals surface area contributed by atoms with Gasteiger partial charge in [-0.2, -0.15) is 0 Å². The maximum Gasteiger partial charge on any atom is 0.123 e. The van der Waals surface area contributed by atoms with Gasteiger partial charge in [0.05, 0.1) is 4.88 Å². The molecular weight excluding hydrogens is 207 g/mol. The zero-order chi connectivity index (χ0) is 10.7. The van der Waals surface area contributed by atoms with Gasteiger partial charge in [0.2, 0.25) is 0 Å². The van der Waals surface area contributed by atoms with E-state index < -0.39 is 0 Å². The minimum atomic E-state index is -0.229. The van der Waals surface area contributed by atoms with Crippen molar-refractivity contribution in [1.29, 1.82) is 0 Å². The highest BCUT2D eigenvalue weighted by atomic mass is 32.1. The van der Waals surface area contributed by atoms with E-state index in [-0.39, 0.29) is 5.82 Å². The van der Waals surface area contributed by atoms with Gasteiger partial charge >= 0.3 is 0 Å². The molecule has 2 heteroatoms. The molecule has 2 aromatic rings. The summed E-state index contributed by atoms with van der Waals surface area (Å²) in [5.41, 5.74) is 0.836. The largest absolute Gasteiger partial charge is 0.207 e. The molecule has 0 bridgehead atoms. The van der Waals surface area contributed by atoms with Crippen LogP contribution < -0.4 is 0 Å². The lowest BCUT2D eigenvalue weighted by atomic mass is 10.2. The maximum atomic E-state index is 12.6. The second kappa shape index (κ2) is 4.29. The molecule has 0 amide bonds. The molecule has 0 saturated heterocycles. The minimum Gasteiger partial charge on any atom is -0.207 e. The molecule has 0 radical (unpaired) electrons. The average Bonchev–Trinajstić information content (AvgIpc) is 2.64. The van der Waals surface area contributed by atoms with Crippen molar-refractivity contribution in [1.82, 2.24) is 0 Å². The summed E-state index contributed by atoms with van der Waals surface area (Å²) in [6.45, 7) is 2.05. The van der Waals surface area contributed by atoms with Crippen LogP contribution in [0.15, 0.2) is 36.4 Å². The number of hydrogen-bond acceptors (Lipinski definition) is 1. The highest BCUT2D eigenvalue weighted by Crippen LogP contribution is 2.13. The second-order valence-electron chi connectivity index (χ2n) is 3.17. The summed E-state index contributed by atoms with van der Waals surface area (Å²) in [6.07, 6.45) is 0. The highest BCUT2D eigenvalue weighted by molar-refractivity contribution is 7.12. The molecule has 1 heterocycles. The van der Waals surface area contributed by atoms with Crippen molar-refractivity contribution in [2.75, 3.05) is 0 Å². The molecule has 2 rings (SSSR count). The quantitative estimate of drug-likeness (QED) is 0.590. The van der Waals surface area contributed by atoms with E-state index >= 15 is 0 Å². The van der Waals surface area contributed by atoms with E-state index in [4.69, 9.17) is 0 Å². The van der Waals surface area contributed by atoms with Gasteiger partial charge in [-0.3, -0.25) is 0 Å². The first kappa shape index (κ1) is 9.95. The molecule has 0 aliphatic rings. The smallest absolute Gasteiger partial charge is 0.123 e.